The standard InChI is InChI=1S/C10H18N4O2S/c1-3-4-5-8(14-17(15)16)9(10(12)13)7(2)6-11/h3-5,7,14H,1,6,11H2,2H3,(H3,12,13)(H,15,16)/b5-4-,9-8-. The Hall–Kier alpha value is -1.44. The molecule has 6 nitrogen and oxygen atoms in total. The second kappa shape index (κ2) is 7.77. The van der Waals surface area contributed by atoms with Gasteiger partial charge in [0.1, 0.15) is 5.84 Å². The molecule has 0 saturated carbocycles. The number of nitrogens with two attached hydrogens (primary N) is 2. The van der Waals surface area contributed by atoms with Crippen LogP contribution in [0.15, 0.2) is 36.1 Å². The lowest BCUT2D eigenvalue weighted by Gasteiger charge is -2.16. The summed E-state index contributed by atoms with van der Waals surface area (Å²) in [6, 6.07) is 0. The van der Waals surface area contributed by atoms with Crippen LogP contribution >= 0.6 is 0 Å². The number of hydrogen-bond donors (Lipinski definition) is 5. The van der Waals surface area contributed by atoms with Crippen LogP contribution < -0.4 is 16.2 Å². The van der Waals surface area contributed by atoms with E-state index >= 15 is 0 Å². The first-order valence-corrected chi connectivity index (χ1v) is 5.99. The predicted molar refractivity (Wildman–Crippen MR) is 70.4 cm³/mol. The van der Waals surface area contributed by atoms with Gasteiger partial charge in [-0.2, -0.15) is 0 Å². The molecule has 17 heavy (non-hydrogen) atoms. The highest BCUT2D eigenvalue weighted by molar-refractivity contribution is 7.77. The Bertz CT molecular complexity index is 377. The zero-order valence-corrected chi connectivity index (χ0v) is 10.5. The zero-order valence-electron chi connectivity index (χ0n) is 9.64. The molecule has 0 amide bonds. The third-order valence-electron chi connectivity index (χ3n) is 2.02. The third kappa shape index (κ3) is 5.43. The molecular formula is C10H18N4O2S. The summed E-state index contributed by atoms with van der Waals surface area (Å²) in [5.74, 6) is -0.391. The minimum Gasteiger partial charge on any atom is -0.384 e. The number of nitrogens with one attached hydrogen (secondary N) is 2. The van der Waals surface area contributed by atoms with Gasteiger partial charge in [0.2, 0.25) is 0 Å². The van der Waals surface area contributed by atoms with Gasteiger partial charge in [0, 0.05) is 5.57 Å². The summed E-state index contributed by atoms with van der Waals surface area (Å²) in [5, 5.41) is 7.48. The fraction of sp³-hybridized carbons (Fsp3) is 0.300. The molecule has 0 aliphatic rings. The lowest BCUT2D eigenvalue weighted by molar-refractivity contribution is 0.556. The number of allylic oxidation sites excluding steroid dienone is 3. The summed E-state index contributed by atoms with van der Waals surface area (Å²) in [7, 11) is 0. The van der Waals surface area contributed by atoms with E-state index in [9.17, 15) is 4.21 Å². The van der Waals surface area contributed by atoms with Crippen molar-refractivity contribution in [1.82, 2.24) is 4.72 Å². The van der Waals surface area contributed by atoms with Crippen molar-refractivity contribution >= 4 is 17.1 Å². The second-order valence-corrected chi connectivity index (χ2v) is 4.03. The fourth-order valence-corrected chi connectivity index (χ4v) is 1.60. The quantitative estimate of drug-likeness (QED) is 0.194. The number of rotatable bonds is 7. The van der Waals surface area contributed by atoms with Gasteiger partial charge in [-0.1, -0.05) is 25.7 Å². The van der Waals surface area contributed by atoms with Crippen molar-refractivity contribution in [3.05, 3.63) is 36.1 Å². The average Bonchev–Trinajstić information content (AvgIpc) is 2.24. The van der Waals surface area contributed by atoms with Crippen molar-refractivity contribution in [3.8, 4) is 0 Å². The van der Waals surface area contributed by atoms with E-state index in [1.165, 1.54) is 12.2 Å². The van der Waals surface area contributed by atoms with Crippen molar-refractivity contribution in [3.63, 3.8) is 0 Å². The molecule has 0 radical (unpaired) electrons. The summed E-state index contributed by atoms with van der Waals surface area (Å²) >= 11 is -2.24. The molecule has 0 bridgehead atoms. The molecule has 0 rings (SSSR count). The van der Waals surface area contributed by atoms with Gasteiger partial charge in [0.25, 0.3) is 11.3 Å². The first kappa shape index (κ1) is 15.6. The van der Waals surface area contributed by atoms with E-state index in [2.05, 4.69) is 11.3 Å². The van der Waals surface area contributed by atoms with Gasteiger partial charge in [-0.15, -0.1) is 0 Å². The average molecular weight is 258 g/mol. The number of amidine groups is 1. The molecule has 96 valence electrons. The highest BCUT2D eigenvalue weighted by Gasteiger charge is 2.15. The van der Waals surface area contributed by atoms with E-state index in [4.69, 9.17) is 21.4 Å². The van der Waals surface area contributed by atoms with E-state index < -0.39 is 11.3 Å². The first-order valence-electron chi connectivity index (χ1n) is 4.89. The van der Waals surface area contributed by atoms with Crippen molar-refractivity contribution in [2.45, 2.75) is 6.92 Å². The smallest absolute Gasteiger partial charge is 0.259 e. The Balaban J connectivity index is 5.53. The summed E-state index contributed by atoms with van der Waals surface area (Å²) in [5.41, 5.74) is 11.6. The van der Waals surface area contributed by atoms with E-state index in [0.29, 0.717) is 5.57 Å². The van der Waals surface area contributed by atoms with E-state index in [0.717, 1.165) is 0 Å². The topological polar surface area (TPSA) is 125 Å². The summed E-state index contributed by atoms with van der Waals surface area (Å²) in [6.45, 7) is 5.55. The maximum absolute atomic E-state index is 10.8. The van der Waals surface area contributed by atoms with Crippen molar-refractivity contribution in [2.24, 2.45) is 17.4 Å². The molecular weight excluding hydrogens is 240 g/mol. The Morgan fingerprint density at radius 3 is 2.65 bits per heavy atom. The Morgan fingerprint density at radius 2 is 2.29 bits per heavy atom. The summed E-state index contributed by atoms with van der Waals surface area (Å²) in [6.07, 6.45) is 4.60. The number of hydrogen-bond acceptors (Lipinski definition) is 3. The van der Waals surface area contributed by atoms with Gasteiger partial charge < -0.3 is 11.5 Å². The van der Waals surface area contributed by atoms with Crippen LogP contribution in [0.1, 0.15) is 6.92 Å². The van der Waals surface area contributed by atoms with Gasteiger partial charge in [-0.25, -0.2) is 4.21 Å². The van der Waals surface area contributed by atoms with Crippen molar-refractivity contribution < 1.29 is 8.76 Å². The van der Waals surface area contributed by atoms with Crippen molar-refractivity contribution in [2.75, 3.05) is 6.54 Å². The summed E-state index contributed by atoms with van der Waals surface area (Å²) < 4.78 is 21.9. The summed E-state index contributed by atoms with van der Waals surface area (Å²) in [4.78, 5) is 0. The first-order chi connectivity index (χ1) is 7.93. The van der Waals surface area contributed by atoms with Crippen LogP contribution in [0, 0.1) is 11.3 Å². The van der Waals surface area contributed by atoms with E-state index in [-0.39, 0.29) is 24.0 Å². The van der Waals surface area contributed by atoms with Gasteiger partial charge in [0.15, 0.2) is 0 Å². The molecule has 0 aromatic heterocycles. The Morgan fingerprint density at radius 1 is 1.71 bits per heavy atom. The monoisotopic (exact) mass is 258 g/mol. The molecule has 0 saturated heterocycles. The molecule has 0 aliphatic carbocycles. The maximum Gasteiger partial charge on any atom is 0.259 e. The molecule has 0 aromatic rings. The molecule has 0 heterocycles. The highest BCUT2D eigenvalue weighted by Crippen LogP contribution is 2.14. The van der Waals surface area contributed by atoms with Gasteiger partial charge in [0.05, 0.1) is 5.70 Å². The van der Waals surface area contributed by atoms with Crippen LogP contribution in [0.2, 0.25) is 0 Å². The van der Waals surface area contributed by atoms with E-state index in [1.807, 2.05) is 0 Å². The predicted octanol–water partition coefficient (Wildman–Crippen LogP) is 0.240. The van der Waals surface area contributed by atoms with Crippen LogP contribution in [0.5, 0.6) is 0 Å². The lowest BCUT2D eigenvalue weighted by Crippen LogP contribution is -2.29. The van der Waals surface area contributed by atoms with Crippen LogP contribution in [-0.2, 0) is 11.3 Å². The van der Waals surface area contributed by atoms with Crippen LogP contribution in [0.3, 0.4) is 0 Å². The maximum atomic E-state index is 10.8. The fourth-order valence-electron chi connectivity index (χ4n) is 1.23. The minimum absolute atomic E-state index is 0.190. The molecule has 7 heteroatoms. The van der Waals surface area contributed by atoms with E-state index in [1.54, 1.807) is 13.0 Å². The lowest BCUT2D eigenvalue weighted by atomic mass is 9.98. The molecule has 1 unspecified atom stereocenters. The molecule has 2 atom stereocenters. The normalized spacial score (nSPS) is 16.2. The Kier molecular flexibility index (Phi) is 7.11. The SMILES string of the molecule is C=C/C=C\C(N[S@@](=O)O)=C(\C(=N)N)C(C)CN. The van der Waals surface area contributed by atoms with Crippen LogP contribution in [0.4, 0.5) is 0 Å². The van der Waals surface area contributed by atoms with Gasteiger partial charge >= 0.3 is 0 Å². The van der Waals surface area contributed by atoms with Gasteiger partial charge in [-0.05, 0) is 18.5 Å². The second-order valence-electron chi connectivity index (χ2n) is 3.32. The molecule has 0 aromatic carbocycles. The van der Waals surface area contributed by atoms with Gasteiger partial charge in [-0.3, -0.25) is 14.7 Å². The third-order valence-corrected chi connectivity index (χ3v) is 2.42. The molecule has 0 fully saturated rings. The highest BCUT2D eigenvalue weighted by atomic mass is 32.2. The largest absolute Gasteiger partial charge is 0.384 e. The van der Waals surface area contributed by atoms with Crippen LogP contribution in [-0.4, -0.2) is 21.1 Å². The zero-order chi connectivity index (χ0) is 13.4. The Labute approximate surface area is 103 Å². The molecule has 0 aliphatic heterocycles. The van der Waals surface area contributed by atoms with Crippen LogP contribution in [0.25, 0.3) is 0 Å². The molecule has 0 spiro atoms. The minimum atomic E-state index is -2.24. The van der Waals surface area contributed by atoms with Crippen molar-refractivity contribution in [1.29, 1.82) is 5.41 Å². The molecule has 7 N–H and O–H groups in total.